The fourth-order valence-corrected chi connectivity index (χ4v) is 3.25. The number of aliphatic hydroxyl groups is 1. The maximum absolute atomic E-state index is 9.72. The van der Waals surface area contributed by atoms with E-state index in [-0.39, 0.29) is 12.0 Å². The summed E-state index contributed by atoms with van der Waals surface area (Å²) in [5.74, 6) is 1.03. The maximum Gasteiger partial charge on any atom is 0.0533 e. The minimum absolute atomic E-state index is 0.0437. The monoisotopic (exact) mass is 280 g/mol. The molecule has 0 bridgehead atoms. The molecule has 1 fully saturated rings. The smallest absolute Gasteiger partial charge is 0.0533 e. The normalized spacial score (nSPS) is 32.4. The highest BCUT2D eigenvalue weighted by atomic mass is 79.9. The fourth-order valence-electron chi connectivity index (χ4n) is 2.90. The van der Waals surface area contributed by atoms with Crippen LogP contribution in [0.15, 0.2) is 41.4 Å². The molecule has 0 heterocycles. The number of rotatable bonds is 4. The van der Waals surface area contributed by atoms with Gasteiger partial charge in [-0.3, -0.25) is 0 Å². The molecule has 86 valence electrons. The second kappa shape index (κ2) is 4.34. The molecule has 1 N–H and O–H groups in total. The third-order valence-corrected chi connectivity index (χ3v) is 4.31. The molecule has 1 nitrogen and oxygen atoms in total. The zero-order valence-electron chi connectivity index (χ0n) is 9.49. The van der Waals surface area contributed by atoms with Gasteiger partial charge in [0.2, 0.25) is 0 Å². The van der Waals surface area contributed by atoms with Gasteiger partial charge in [-0.05, 0) is 28.3 Å². The zero-order chi connectivity index (χ0) is 11.8. The number of allylic oxidation sites excluding steroid dienone is 1. The molecular formula is C14H17BrO. The van der Waals surface area contributed by atoms with Crippen LogP contribution < -0.4 is 0 Å². The van der Waals surface area contributed by atoms with Crippen LogP contribution >= 0.6 is 15.9 Å². The third kappa shape index (κ3) is 1.74. The van der Waals surface area contributed by atoms with Crippen molar-refractivity contribution >= 4 is 15.9 Å². The molecule has 2 heteroatoms. The van der Waals surface area contributed by atoms with E-state index >= 15 is 0 Å². The first-order valence-electron chi connectivity index (χ1n) is 5.62. The Morgan fingerprint density at radius 3 is 2.56 bits per heavy atom. The van der Waals surface area contributed by atoms with Crippen molar-refractivity contribution in [1.29, 1.82) is 0 Å². The number of halogens is 1. The Hall–Kier alpha value is -0.600. The minimum atomic E-state index is -0.0437. The molecule has 0 radical (unpaired) electrons. The van der Waals surface area contributed by atoms with Crippen molar-refractivity contribution in [3.05, 3.63) is 47.0 Å². The van der Waals surface area contributed by atoms with E-state index < -0.39 is 0 Å². The van der Waals surface area contributed by atoms with Crippen LogP contribution in [-0.4, -0.2) is 11.7 Å². The average molecular weight is 281 g/mol. The van der Waals surface area contributed by atoms with Gasteiger partial charge in [0, 0.05) is 5.41 Å². The number of benzene rings is 1. The zero-order valence-corrected chi connectivity index (χ0v) is 11.1. The first-order valence-corrected chi connectivity index (χ1v) is 6.42. The molecule has 3 atom stereocenters. The van der Waals surface area contributed by atoms with Gasteiger partial charge in [-0.2, -0.15) is 0 Å². The van der Waals surface area contributed by atoms with Gasteiger partial charge in [-0.25, -0.2) is 0 Å². The van der Waals surface area contributed by atoms with Crippen molar-refractivity contribution in [2.75, 3.05) is 6.61 Å². The Kier molecular flexibility index (Phi) is 3.22. The lowest BCUT2D eigenvalue weighted by Gasteiger charge is -2.15. The summed E-state index contributed by atoms with van der Waals surface area (Å²) in [6, 6.07) is 10.3. The molecule has 1 aliphatic carbocycles. The summed E-state index contributed by atoms with van der Waals surface area (Å²) in [5.41, 5.74) is 1.21. The Morgan fingerprint density at radius 1 is 1.44 bits per heavy atom. The highest BCUT2D eigenvalue weighted by Crippen LogP contribution is 2.62. The van der Waals surface area contributed by atoms with Crippen LogP contribution in [0.25, 0.3) is 0 Å². The van der Waals surface area contributed by atoms with Crippen molar-refractivity contribution in [3.63, 3.8) is 0 Å². The van der Waals surface area contributed by atoms with E-state index in [2.05, 4.69) is 41.6 Å². The van der Waals surface area contributed by atoms with Crippen LogP contribution in [0.1, 0.15) is 18.9 Å². The molecule has 0 aromatic heterocycles. The minimum Gasteiger partial charge on any atom is -0.395 e. The predicted molar refractivity (Wildman–Crippen MR) is 70.5 cm³/mol. The number of hydrogen-bond acceptors (Lipinski definition) is 1. The van der Waals surface area contributed by atoms with E-state index in [4.69, 9.17) is 0 Å². The van der Waals surface area contributed by atoms with E-state index in [1.54, 1.807) is 0 Å². The predicted octanol–water partition coefficient (Wildman–Crippen LogP) is 3.48. The average Bonchev–Trinajstić information content (AvgIpc) is 2.85. The molecule has 2 rings (SSSR count). The SMILES string of the molecule is C=C(Br)C[C@H]1[C@@H](C)[C@]1(CO)c1ccccc1. The van der Waals surface area contributed by atoms with Gasteiger partial charge in [0.25, 0.3) is 0 Å². The van der Waals surface area contributed by atoms with Crippen LogP contribution in [0, 0.1) is 11.8 Å². The van der Waals surface area contributed by atoms with E-state index in [0.717, 1.165) is 10.9 Å². The van der Waals surface area contributed by atoms with E-state index in [9.17, 15) is 5.11 Å². The first kappa shape index (κ1) is 11.9. The Balaban J connectivity index is 2.26. The molecule has 1 saturated carbocycles. The molecule has 0 saturated heterocycles. The van der Waals surface area contributed by atoms with Gasteiger partial charge >= 0.3 is 0 Å². The van der Waals surface area contributed by atoms with Crippen LogP contribution in [0.4, 0.5) is 0 Å². The standard InChI is InChI=1S/C14H17BrO/c1-10(15)8-13-11(2)14(13,9-16)12-6-4-3-5-7-12/h3-7,11,13,16H,1,8-9H2,2H3/t11-,13+,14-/m1/s1. The van der Waals surface area contributed by atoms with Gasteiger partial charge < -0.3 is 5.11 Å². The largest absolute Gasteiger partial charge is 0.395 e. The van der Waals surface area contributed by atoms with Crippen molar-refractivity contribution < 1.29 is 5.11 Å². The van der Waals surface area contributed by atoms with Crippen LogP contribution in [-0.2, 0) is 5.41 Å². The van der Waals surface area contributed by atoms with Crippen LogP contribution in [0.2, 0.25) is 0 Å². The van der Waals surface area contributed by atoms with Crippen LogP contribution in [0.3, 0.4) is 0 Å². The maximum atomic E-state index is 9.72. The lowest BCUT2D eigenvalue weighted by molar-refractivity contribution is 0.239. The van der Waals surface area contributed by atoms with Gasteiger partial charge in [0.1, 0.15) is 0 Å². The quantitative estimate of drug-likeness (QED) is 0.895. The van der Waals surface area contributed by atoms with E-state index in [1.165, 1.54) is 5.56 Å². The second-order valence-electron chi connectivity index (χ2n) is 4.68. The summed E-state index contributed by atoms with van der Waals surface area (Å²) in [7, 11) is 0. The third-order valence-electron chi connectivity index (χ3n) is 3.98. The van der Waals surface area contributed by atoms with Crippen molar-refractivity contribution in [3.8, 4) is 0 Å². The van der Waals surface area contributed by atoms with Gasteiger partial charge in [-0.15, -0.1) is 0 Å². The number of hydrogen-bond donors (Lipinski definition) is 1. The Morgan fingerprint density at radius 2 is 2.06 bits per heavy atom. The summed E-state index contributed by atoms with van der Waals surface area (Å²) < 4.78 is 1.02. The molecule has 1 aromatic rings. The summed E-state index contributed by atoms with van der Waals surface area (Å²) in [5, 5.41) is 9.72. The lowest BCUT2D eigenvalue weighted by Crippen LogP contribution is -2.17. The van der Waals surface area contributed by atoms with Crippen molar-refractivity contribution in [2.24, 2.45) is 11.8 Å². The van der Waals surface area contributed by atoms with E-state index in [1.807, 2.05) is 18.2 Å². The van der Waals surface area contributed by atoms with Crippen molar-refractivity contribution in [2.45, 2.75) is 18.8 Å². The molecular weight excluding hydrogens is 264 g/mol. The molecule has 1 aromatic carbocycles. The van der Waals surface area contributed by atoms with Gasteiger partial charge in [0.15, 0.2) is 0 Å². The topological polar surface area (TPSA) is 20.2 Å². The highest BCUT2D eigenvalue weighted by Gasteiger charge is 2.61. The van der Waals surface area contributed by atoms with Crippen LogP contribution in [0.5, 0.6) is 0 Å². The summed E-state index contributed by atoms with van der Waals surface area (Å²) in [6.07, 6.45) is 0.941. The molecule has 0 spiro atoms. The van der Waals surface area contributed by atoms with E-state index in [0.29, 0.717) is 11.8 Å². The molecule has 0 aliphatic heterocycles. The number of aliphatic hydroxyl groups excluding tert-OH is 1. The highest BCUT2D eigenvalue weighted by molar-refractivity contribution is 9.11. The van der Waals surface area contributed by atoms with Crippen molar-refractivity contribution in [1.82, 2.24) is 0 Å². The second-order valence-corrected chi connectivity index (χ2v) is 5.80. The molecule has 0 unspecified atom stereocenters. The molecule has 16 heavy (non-hydrogen) atoms. The fraction of sp³-hybridized carbons (Fsp3) is 0.429. The summed E-state index contributed by atoms with van der Waals surface area (Å²) in [4.78, 5) is 0. The Labute approximate surface area is 105 Å². The van der Waals surface area contributed by atoms with Gasteiger partial charge in [-0.1, -0.05) is 59.8 Å². The molecule has 1 aliphatic rings. The first-order chi connectivity index (χ1) is 7.63. The molecule has 0 amide bonds. The Bertz CT molecular complexity index is 387. The van der Waals surface area contributed by atoms with Gasteiger partial charge in [0.05, 0.1) is 6.61 Å². The lowest BCUT2D eigenvalue weighted by atomic mass is 9.92. The summed E-state index contributed by atoms with van der Waals surface area (Å²) >= 11 is 3.42. The summed E-state index contributed by atoms with van der Waals surface area (Å²) in [6.45, 7) is 6.34.